The van der Waals surface area contributed by atoms with Crippen LogP contribution in [-0.2, 0) is 9.47 Å². The highest BCUT2D eigenvalue weighted by Crippen LogP contribution is 2.17. The van der Waals surface area contributed by atoms with Crippen LogP contribution in [0.15, 0.2) is 12.2 Å². The van der Waals surface area contributed by atoms with Gasteiger partial charge in [-0.05, 0) is 19.3 Å². The van der Waals surface area contributed by atoms with Crippen molar-refractivity contribution in [2.24, 2.45) is 0 Å². The fourth-order valence-corrected chi connectivity index (χ4v) is 1.09. The maximum Gasteiger partial charge on any atom is 0.0844 e. The second-order valence-electron chi connectivity index (χ2n) is 3.20. The zero-order valence-corrected chi connectivity index (χ0v) is 6.66. The molecule has 0 aromatic rings. The normalized spacial score (nSPS) is 34.5. The summed E-state index contributed by atoms with van der Waals surface area (Å²) in [5.74, 6) is 0. The zero-order valence-electron chi connectivity index (χ0n) is 6.66. The molecule has 0 radical (unpaired) electrons. The first kappa shape index (κ1) is 7.32. The lowest BCUT2D eigenvalue weighted by Crippen LogP contribution is -1.82. The van der Waals surface area contributed by atoms with Gasteiger partial charge in [0.25, 0.3) is 0 Å². The quantitative estimate of drug-likeness (QED) is 0.443. The molecule has 0 amide bonds. The second-order valence-corrected chi connectivity index (χ2v) is 3.20. The molecule has 2 saturated heterocycles. The van der Waals surface area contributed by atoms with Crippen LogP contribution in [0.4, 0.5) is 0 Å². The minimum absolute atomic E-state index is 0.545. The van der Waals surface area contributed by atoms with Gasteiger partial charge in [-0.15, -0.1) is 0 Å². The van der Waals surface area contributed by atoms with E-state index in [9.17, 15) is 0 Å². The highest BCUT2D eigenvalue weighted by molar-refractivity contribution is 4.89. The van der Waals surface area contributed by atoms with E-state index in [1.54, 1.807) is 0 Å². The molecule has 2 heterocycles. The molecule has 2 atom stereocenters. The van der Waals surface area contributed by atoms with Crippen molar-refractivity contribution >= 4 is 0 Å². The van der Waals surface area contributed by atoms with E-state index in [2.05, 4.69) is 12.2 Å². The molecule has 0 aromatic carbocycles. The van der Waals surface area contributed by atoms with Gasteiger partial charge >= 0.3 is 0 Å². The van der Waals surface area contributed by atoms with Gasteiger partial charge in [0.2, 0.25) is 0 Å². The van der Waals surface area contributed by atoms with Crippen LogP contribution in [0.3, 0.4) is 0 Å². The van der Waals surface area contributed by atoms with E-state index in [0.29, 0.717) is 12.2 Å². The fourth-order valence-electron chi connectivity index (χ4n) is 1.09. The fraction of sp³-hybridized carbons (Fsp3) is 0.778. The van der Waals surface area contributed by atoms with Crippen molar-refractivity contribution in [3.63, 3.8) is 0 Å². The number of allylic oxidation sites excluding steroid dienone is 1. The molecular formula is C9H14O2. The molecule has 11 heavy (non-hydrogen) atoms. The monoisotopic (exact) mass is 154 g/mol. The summed E-state index contributed by atoms with van der Waals surface area (Å²) < 4.78 is 10.2. The van der Waals surface area contributed by atoms with Crippen molar-refractivity contribution in [3.8, 4) is 0 Å². The maximum atomic E-state index is 5.09. The van der Waals surface area contributed by atoms with Crippen LogP contribution in [0.5, 0.6) is 0 Å². The van der Waals surface area contributed by atoms with Crippen molar-refractivity contribution in [2.75, 3.05) is 13.2 Å². The van der Waals surface area contributed by atoms with Crippen molar-refractivity contribution in [2.45, 2.75) is 31.5 Å². The van der Waals surface area contributed by atoms with E-state index >= 15 is 0 Å². The summed E-state index contributed by atoms with van der Waals surface area (Å²) in [6.07, 6.45) is 9.05. The van der Waals surface area contributed by atoms with E-state index in [1.165, 1.54) is 6.42 Å². The Labute approximate surface area is 67.2 Å². The first-order chi connectivity index (χ1) is 5.45. The molecule has 0 aromatic heterocycles. The molecule has 0 bridgehead atoms. The summed E-state index contributed by atoms with van der Waals surface area (Å²) in [7, 11) is 0. The van der Waals surface area contributed by atoms with Crippen LogP contribution >= 0.6 is 0 Å². The highest BCUT2D eigenvalue weighted by Gasteiger charge is 2.21. The average Bonchev–Trinajstić information content (AvgIpc) is 2.83. The third-order valence-electron chi connectivity index (χ3n) is 2.03. The third-order valence-corrected chi connectivity index (χ3v) is 2.03. The standard InChI is InChI=1S/C9H14O2/c1(2-4-8-6-10-8)3-5-9-7-11-9/h1-2,8-9H,3-7H2. The molecule has 0 saturated carbocycles. The summed E-state index contributed by atoms with van der Waals surface area (Å²) >= 11 is 0. The predicted molar refractivity (Wildman–Crippen MR) is 42.5 cm³/mol. The Morgan fingerprint density at radius 3 is 2.45 bits per heavy atom. The summed E-state index contributed by atoms with van der Waals surface area (Å²) in [4.78, 5) is 0. The van der Waals surface area contributed by atoms with Gasteiger partial charge in [-0.2, -0.15) is 0 Å². The first-order valence-corrected chi connectivity index (χ1v) is 4.33. The minimum Gasteiger partial charge on any atom is -0.373 e. The first-order valence-electron chi connectivity index (χ1n) is 4.33. The Balaban J connectivity index is 1.46. The number of hydrogen-bond donors (Lipinski definition) is 0. The lowest BCUT2D eigenvalue weighted by atomic mass is 10.2. The van der Waals surface area contributed by atoms with Crippen molar-refractivity contribution in [1.29, 1.82) is 0 Å². The van der Waals surface area contributed by atoms with E-state index in [1.807, 2.05) is 0 Å². The predicted octanol–water partition coefficient (Wildman–Crippen LogP) is 1.51. The zero-order chi connectivity index (χ0) is 7.52. The molecule has 2 fully saturated rings. The molecule has 2 aliphatic heterocycles. The Hall–Kier alpha value is -0.340. The SMILES string of the molecule is C(=CCC1CO1)CCC1CO1. The van der Waals surface area contributed by atoms with Gasteiger partial charge in [0.15, 0.2) is 0 Å². The maximum absolute atomic E-state index is 5.09. The number of ether oxygens (including phenoxy) is 2. The molecule has 0 spiro atoms. The molecule has 2 rings (SSSR count). The van der Waals surface area contributed by atoms with Gasteiger partial charge in [-0.3, -0.25) is 0 Å². The van der Waals surface area contributed by atoms with Gasteiger partial charge in [-0.25, -0.2) is 0 Å². The molecule has 2 heteroatoms. The van der Waals surface area contributed by atoms with Crippen molar-refractivity contribution in [3.05, 3.63) is 12.2 Å². The van der Waals surface area contributed by atoms with Crippen LogP contribution in [0.1, 0.15) is 19.3 Å². The Morgan fingerprint density at radius 1 is 1.09 bits per heavy atom. The van der Waals surface area contributed by atoms with E-state index < -0.39 is 0 Å². The van der Waals surface area contributed by atoms with E-state index in [0.717, 1.165) is 26.1 Å². The van der Waals surface area contributed by atoms with Gasteiger partial charge < -0.3 is 9.47 Å². The van der Waals surface area contributed by atoms with Gasteiger partial charge in [0.05, 0.1) is 25.4 Å². The van der Waals surface area contributed by atoms with Crippen LogP contribution in [0, 0.1) is 0 Å². The lowest BCUT2D eigenvalue weighted by Gasteiger charge is -1.87. The molecule has 2 nitrogen and oxygen atoms in total. The van der Waals surface area contributed by atoms with Gasteiger partial charge in [0.1, 0.15) is 0 Å². The molecule has 62 valence electrons. The van der Waals surface area contributed by atoms with Gasteiger partial charge in [0, 0.05) is 0 Å². The number of epoxide rings is 2. The smallest absolute Gasteiger partial charge is 0.0844 e. The molecule has 2 aliphatic rings. The highest BCUT2D eigenvalue weighted by atomic mass is 16.6. The summed E-state index contributed by atoms with van der Waals surface area (Å²) in [5.41, 5.74) is 0. The Kier molecular flexibility index (Phi) is 2.24. The average molecular weight is 154 g/mol. The molecule has 0 N–H and O–H groups in total. The molecule has 0 aliphatic carbocycles. The third kappa shape index (κ3) is 3.04. The Morgan fingerprint density at radius 2 is 1.82 bits per heavy atom. The molecular weight excluding hydrogens is 140 g/mol. The van der Waals surface area contributed by atoms with Crippen molar-refractivity contribution in [1.82, 2.24) is 0 Å². The molecule has 2 unspecified atom stereocenters. The van der Waals surface area contributed by atoms with Crippen LogP contribution in [0.2, 0.25) is 0 Å². The number of rotatable bonds is 5. The number of hydrogen-bond acceptors (Lipinski definition) is 2. The van der Waals surface area contributed by atoms with Crippen LogP contribution in [-0.4, -0.2) is 25.4 Å². The summed E-state index contributed by atoms with van der Waals surface area (Å²) in [6, 6.07) is 0. The lowest BCUT2D eigenvalue weighted by molar-refractivity contribution is 0.397. The minimum atomic E-state index is 0.545. The largest absolute Gasteiger partial charge is 0.373 e. The van der Waals surface area contributed by atoms with Crippen LogP contribution < -0.4 is 0 Å². The summed E-state index contributed by atoms with van der Waals surface area (Å²) in [6.45, 7) is 1.95. The Bertz CT molecular complexity index is 146. The van der Waals surface area contributed by atoms with Crippen LogP contribution in [0.25, 0.3) is 0 Å². The van der Waals surface area contributed by atoms with Crippen molar-refractivity contribution < 1.29 is 9.47 Å². The second kappa shape index (κ2) is 3.37. The van der Waals surface area contributed by atoms with E-state index in [4.69, 9.17) is 9.47 Å². The van der Waals surface area contributed by atoms with Gasteiger partial charge in [-0.1, -0.05) is 12.2 Å². The van der Waals surface area contributed by atoms with E-state index in [-0.39, 0.29) is 0 Å². The topological polar surface area (TPSA) is 25.1 Å². The summed E-state index contributed by atoms with van der Waals surface area (Å²) in [5, 5.41) is 0.